The lowest BCUT2D eigenvalue weighted by atomic mass is 10.1. The van der Waals surface area contributed by atoms with Crippen LogP contribution < -0.4 is 4.74 Å². The Hall–Kier alpha value is -2.98. The Morgan fingerprint density at radius 3 is 2.70 bits per heavy atom. The van der Waals surface area contributed by atoms with E-state index in [1.165, 1.54) is 6.33 Å². The van der Waals surface area contributed by atoms with Crippen molar-refractivity contribution in [3.63, 3.8) is 0 Å². The molecule has 170 valence electrons. The van der Waals surface area contributed by atoms with Gasteiger partial charge in [-0.05, 0) is 36.4 Å². The topological polar surface area (TPSA) is 97.3 Å². The third-order valence-corrected chi connectivity index (χ3v) is 5.65. The van der Waals surface area contributed by atoms with Crippen LogP contribution in [0.5, 0.6) is 5.75 Å². The predicted octanol–water partition coefficient (Wildman–Crippen LogP) is 4.29. The molecule has 2 aromatic carbocycles. The number of hydrogen-bond donors (Lipinski definition) is 0. The maximum absolute atomic E-state index is 6.49. The Kier molecular flexibility index (Phi) is 6.03. The van der Waals surface area contributed by atoms with E-state index in [0.717, 1.165) is 5.56 Å². The summed E-state index contributed by atoms with van der Waals surface area (Å²) in [6, 6.07) is 12.6. The van der Waals surface area contributed by atoms with Gasteiger partial charge < -0.3 is 18.6 Å². The van der Waals surface area contributed by atoms with E-state index in [9.17, 15) is 0 Å². The van der Waals surface area contributed by atoms with Gasteiger partial charge in [-0.25, -0.2) is 9.67 Å². The van der Waals surface area contributed by atoms with E-state index in [1.807, 2.05) is 24.3 Å². The number of halogens is 2. The zero-order chi connectivity index (χ0) is 22.8. The summed E-state index contributed by atoms with van der Waals surface area (Å²) < 4.78 is 25.5. The molecule has 0 spiro atoms. The maximum atomic E-state index is 6.49. The van der Waals surface area contributed by atoms with Gasteiger partial charge in [0.05, 0.1) is 11.6 Å². The van der Waals surface area contributed by atoms with Crippen molar-refractivity contribution in [2.45, 2.75) is 25.4 Å². The molecule has 0 radical (unpaired) electrons. The predicted molar refractivity (Wildman–Crippen MR) is 119 cm³/mol. The van der Waals surface area contributed by atoms with Crippen molar-refractivity contribution >= 4 is 23.2 Å². The second-order valence-electron chi connectivity index (χ2n) is 7.48. The van der Waals surface area contributed by atoms with Gasteiger partial charge in [0.1, 0.15) is 37.7 Å². The van der Waals surface area contributed by atoms with E-state index < -0.39 is 5.79 Å². The van der Waals surface area contributed by atoms with Crippen molar-refractivity contribution in [3.8, 4) is 17.2 Å². The Balaban J connectivity index is 1.29. The highest BCUT2D eigenvalue weighted by molar-refractivity contribution is 6.35. The maximum Gasteiger partial charge on any atom is 0.247 e. The molecule has 0 saturated carbocycles. The van der Waals surface area contributed by atoms with Crippen LogP contribution in [0.3, 0.4) is 0 Å². The second kappa shape index (κ2) is 9.11. The second-order valence-corrected chi connectivity index (χ2v) is 8.33. The molecule has 4 aromatic rings. The van der Waals surface area contributed by atoms with Crippen LogP contribution in [0, 0.1) is 6.92 Å². The number of hydrogen-bond acceptors (Lipinski definition) is 8. The highest BCUT2D eigenvalue weighted by atomic mass is 35.5. The molecule has 0 unspecified atom stereocenters. The Morgan fingerprint density at radius 1 is 1.15 bits per heavy atom. The standard InChI is InChI=1S/C22H19Cl2N5O4/c1-14-27-28-21(32-14)15-2-5-17(6-3-15)30-9-18-10-31-22(33-18,11-29-13-25-12-26-29)19-7-4-16(23)8-20(19)24/h2-8,12-13,18H,9-11H2,1H3/t18-,22+/m0/s1. The van der Waals surface area contributed by atoms with E-state index in [0.29, 0.717) is 39.7 Å². The van der Waals surface area contributed by atoms with Gasteiger partial charge in [-0.3, -0.25) is 0 Å². The Morgan fingerprint density at radius 2 is 2.00 bits per heavy atom. The minimum atomic E-state index is -1.15. The zero-order valence-electron chi connectivity index (χ0n) is 17.5. The molecule has 2 atom stereocenters. The van der Waals surface area contributed by atoms with Gasteiger partial charge in [0.25, 0.3) is 0 Å². The molecule has 0 aliphatic carbocycles. The summed E-state index contributed by atoms with van der Waals surface area (Å²) >= 11 is 12.6. The molecule has 3 heterocycles. The van der Waals surface area contributed by atoms with Crippen LogP contribution in [-0.4, -0.2) is 44.3 Å². The minimum Gasteiger partial charge on any atom is -0.491 e. The fourth-order valence-corrected chi connectivity index (χ4v) is 4.13. The van der Waals surface area contributed by atoms with Gasteiger partial charge in [-0.2, -0.15) is 5.10 Å². The Labute approximate surface area is 199 Å². The Bertz CT molecular complexity index is 1230. The summed E-state index contributed by atoms with van der Waals surface area (Å²) in [6.45, 7) is 2.61. The summed E-state index contributed by atoms with van der Waals surface area (Å²) in [5.74, 6) is 0.503. The van der Waals surface area contributed by atoms with Gasteiger partial charge in [0.15, 0.2) is 0 Å². The fourth-order valence-electron chi connectivity index (χ4n) is 3.58. The van der Waals surface area contributed by atoms with Gasteiger partial charge in [0, 0.05) is 23.1 Å². The van der Waals surface area contributed by atoms with Crippen LogP contribution in [0.25, 0.3) is 11.5 Å². The van der Waals surface area contributed by atoms with Crippen LogP contribution in [0.2, 0.25) is 10.0 Å². The van der Waals surface area contributed by atoms with Gasteiger partial charge >= 0.3 is 0 Å². The third kappa shape index (κ3) is 4.72. The smallest absolute Gasteiger partial charge is 0.247 e. The fraction of sp³-hybridized carbons (Fsp3) is 0.273. The number of aryl methyl sites for hydroxylation is 1. The van der Waals surface area contributed by atoms with Crippen molar-refractivity contribution in [1.82, 2.24) is 25.0 Å². The molecular weight excluding hydrogens is 469 g/mol. The van der Waals surface area contributed by atoms with Crippen LogP contribution in [0.15, 0.2) is 59.5 Å². The third-order valence-electron chi connectivity index (χ3n) is 5.10. The highest BCUT2D eigenvalue weighted by Gasteiger charge is 2.45. The number of nitrogens with zero attached hydrogens (tertiary/aromatic N) is 5. The number of ether oxygens (including phenoxy) is 3. The van der Waals surface area contributed by atoms with Crippen molar-refractivity contribution in [3.05, 3.63) is 76.6 Å². The number of benzene rings is 2. The van der Waals surface area contributed by atoms with E-state index in [4.69, 9.17) is 41.8 Å². The molecule has 2 aromatic heterocycles. The first kappa shape index (κ1) is 21.8. The van der Waals surface area contributed by atoms with Gasteiger partial charge in [-0.15, -0.1) is 10.2 Å². The number of rotatable bonds is 7. The lowest BCUT2D eigenvalue weighted by Gasteiger charge is -2.29. The molecule has 5 rings (SSSR count). The average Bonchev–Trinajstić information content (AvgIpc) is 3.55. The lowest BCUT2D eigenvalue weighted by Crippen LogP contribution is -2.35. The highest BCUT2D eigenvalue weighted by Crippen LogP contribution is 2.40. The van der Waals surface area contributed by atoms with Gasteiger partial charge in [0.2, 0.25) is 17.6 Å². The molecule has 0 bridgehead atoms. The van der Waals surface area contributed by atoms with E-state index in [1.54, 1.807) is 36.1 Å². The van der Waals surface area contributed by atoms with Crippen molar-refractivity contribution in [2.24, 2.45) is 0 Å². The molecule has 1 saturated heterocycles. The first-order valence-electron chi connectivity index (χ1n) is 10.1. The molecule has 1 fully saturated rings. The first-order chi connectivity index (χ1) is 16.0. The first-order valence-corrected chi connectivity index (χ1v) is 10.9. The molecular formula is C22H19Cl2N5O4. The van der Waals surface area contributed by atoms with Crippen LogP contribution >= 0.6 is 23.2 Å². The quantitative estimate of drug-likeness (QED) is 0.380. The van der Waals surface area contributed by atoms with Gasteiger partial charge in [-0.1, -0.05) is 29.3 Å². The van der Waals surface area contributed by atoms with Crippen LogP contribution in [0.1, 0.15) is 11.5 Å². The lowest BCUT2D eigenvalue weighted by molar-refractivity contribution is -0.190. The normalized spacial score (nSPS) is 20.3. The molecule has 0 N–H and O–H groups in total. The van der Waals surface area contributed by atoms with E-state index in [2.05, 4.69) is 20.3 Å². The SMILES string of the molecule is Cc1nnc(-c2ccc(OC[C@H]3CO[C@@](Cn4cncn4)(c4ccc(Cl)cc4Cl)O3)cc2)o1. The average molecular weight is 488 g/mol. The van der Waals surface area contributed by atoms with E-state index >= 15 is 0 Å². The molecule has 9 nitrogen and oxygen atoms in total. The molecule has 33 heavy (non-hydrogen) atoms. The molecule has 1 aliphatic heterocycles. The summed E-state index contributed by atoms with van der Waals surface area (Å²) in [5, 5.41) is 13.0. The van der Waals surface area contributed by atoms with Crippen molar-refractivity contribution < 1.29 is 18.6 Å². The summed E-state index contributed by atoms with van der Waals surface area (Å²) in [5.41, 5.74) is 1.47. The van der Waals surface area contributed by atoms with Crippen LogP contribution in [0.4, 0.5) is 0 Å². The zero-order valence-corrected chi connectivity index (χ0v) is 19.0. The van der Waals surface area contributed by atoms with Crippen molar-refractivity contribution in [1.29, 1.82) is 0 Å². The largest absolute Gasteiger partial charge is 0.491 e. The summed E-state index contributed by atoms with van der Waals surface area (Å²) in [6.07, 6.45) is 2.71. The molecule has 1 aliphatic rings. The minimum absolute atomic E-state index is 0.267. The van der Waals surface area contributed by atoms with Crippen LogP contribution in [-0.2, 0) is 21.8 Å². The summed E-state index contributed by atoms with van der Waals surface area (Å²) in [7, 11) is 0. The molecule has 0 amide bonds. The van der Waals surface area contributed by atoms with E-state index in [-0.39, 0.29) is 19.3 Å². The van der Waals surface area contributed by atoms with Crippen molar-refractivity contribution in [2.75, 3.05) is 13.2 Å². The molecule has 11 heteroatoms. The summed E-state index contributed by atoms with van der Waals surface area (Å²) in [4.78, 5) is 4.00. The monoisotopic (exact) mass is 487 g/mol. The number of aromatic nitrogens is 5.